The number of hydrogen-bond acceptors (Lipinski definition) is 5. The Morgan fingerprint density at radius 2 is 1.89 bits per heavy atom. The molecule has 0 unspecified atom stereocenters. The Balaban J connectivity index is 1.51. The van der Waals surface area contributed by atoms with Crippen LogP contribution in [0.5, 0.6) is 0 Å². The summed E-state index contributed by atoms with van der Waals surface area (Å²) in [7, 11) is 0. The summed E-state index contributed by atoms with van der Waals surface area (Å²) in [6.07, 6.45) is 4.50. The van der Waals surface area contributed by atoms with Gasteiger partial charge in [-0.3, -0.25) is 14.9 Å². The summed E-state index contributed by atoms with van der Waals surface area (Å²) < 4.78 is 13.2. The van der Waals surface area contributed by atoms with Crippen LogP contribution in [0.25, 0.3) is 0 Å². The number of hydrogen-bond donors (Lipinski definition) is 2. The highest BCUT2D eigenvalue weighted by Gasteiger charge is 2.23. The van der Waals surface area contributed by atoms with E-state index in [1.807, 2.05) is 0 Å². The van der Waals surface area contributed by atoms with Gasteiger partial charge in [0.05, 0.1) is 16.0 Å². The minimum atomic E-state index is -0.561. The van der Waals surface area contributed by atoms with Gasteiger partial charge >= 0.3 is 0 Å². The molecular formula is C18H18ClFN4O3. The van der Waals surface area contributed by atoms with Crippen molar-refractivity contribution in [1.29, 1.82) is 0 Å². The van der Waals surface area contributed by atoms with Crippen LogP contribution >= 0.6 is 11.6 Å². The van der Waals surface area contributed by atoms with Crippen LogP contribution < -0.4 is 10.6 Å². The quantitative estimate of drug-likeness (QED) is 0.593. The highest BCUT2D eigenvalue weighted by atomic mass is 35.5. The van der Waals surface area contributed by atoms with Crippen LogP contribution in [0.2, 0.25) is 5.02 Å². The zero-order valence-electron chi connectivity index (χ0n) is 14.3. The van der Waals surface area contributed by atoms with Crippen molar-refractivity contribution in [3.8, 4) is 0 Å². The molecular weight excluding hydrogens is 375 g/mol. The van der Waals surface area contributed by atoms with E-state index in [1.165, 1.54) is 36.5 Å². The summed E-state index contributed by atoms with van der Waals surface area (Å²) >= 11 is 5.72. The molecule has 142 valence electrons. The van der Waals surface area contributed by atoms with Gasteiger partial charge in [-0.1, -0.05) is 11.6 Å². The first-order chi connectivity index (χ1) is 12.9. The average Bonchev–Trinajstić information content (AvgIpc) is 2.65. The number of nitrogens with one attached hydrogen (secondary N) is 2. The third kappa shape index (κ3) is 4.91. The van der Waals surface area contributed by atoms with Crippen LogP contribution in [0.4, 0.5) is 15.9 Å². The lowest BCUT2D eigenvalue weighted by molar-refractivity contribution is -0.384. The molecule has 27 heavy (non-hydrogen) atoms. The number of carbonyl (C=O) groups excluding carboxylic acids is 1. The number of amides is 1. The van der Waals surface area contributed by atoms with Gasteiger partial charge in [-0.2, -0.15) is 0 Å². The molecule has 0 atom stereocenters. The lowest BCUT2D eigenvalue weighted by Gasteiger charge is -2.30. The minimum Gasteiger partial charge on any atom is -0.367 e. The lowest BCUT2D eigenvalue weighted by atomic mass is 9.91. The molecule has 1 aromatic heterocycles. The van der Waals surface area contributed by atoms with Crippen molar-refractivity contribution in [2.45, 2.75) is 37.8 Å². The number of halogens is 2. The summed E-state index contributed by atoms with van der Waals surface area (Å²) in [4.78, 5) is 26.7. The van der Waals surface area contributed by atoms with E-state index in [2.05, 4.69) is 15.6 Å². The van der Waals surface area contributed by atoms with E-state index in [0.717, 1.165) is 25.7 Å². The Kier molecular flexibility index (Phi) is 5.85. The van der Waals surface area contributed by atoms with Crippen LogP contribution in [0.15, 0.2) is 36.5 Å². The molecule has 2 N–H and O–H groups in total. The van der Waals surface area contributed by atoms with E-state index in [0.29, 0.717) is 11.4 Å². The summed E-state index contributed by atoms with van der Waals surface area (Å²) in [6.45, 7) is 0. The van der Waals surface area contributed by atoms with Crippen LogP contribution in [0.1, 0.15) is 36.0 Å². The molecule has 0 bridgehead atoms. The zero-order chi connectivity index (χ0) is 19.4. The Bertz CT molecular complexity index is 856. The largest absolute Gasteiger partial charge is 0.367 e. The zero-order valence-corrected chi connectivity index (χ0v) is 15.1. The van der Waals surface area contributed by atoms with E-state index in [4.69, 9.17) is 11.6 Å². The molecule has 9 heteroatoms. The number of anilines is 1. The predicted molar refractivity (Wildman–Crippen MR) is 99.4 cm³/mol. The Labute approximate surface area is 160 Å². The van der Waals surface area contributed by atoms with Gasteiger partial charge in [-0.25, -0.2) is 9.37 Å². The van der Waals surface area contributed by atoms with Crippen LogP contribution in [0, 0.1) is 15.9 Å². The number of rotatable bonds is 5. The SMILES string of the molecule is O=C(N[C@H]1CC[C@@H](Nc2cc([N+](=O)[O-])ccn2)CC1)c1ccc(F)c(Cl)c1. The van der Waals surface area contributed by atoms with E-state index >= 15 is 0 Å². The molecule has 1 amide bonds. The minimum absolute atomic E-state index is 0.00796. The fourth-order valence-corrected chi connectivity index (χ4v) is 3.29. The number of nitrogens with zero attached hydrogens (tertiary/aromatic N) is 2. The van der Waals surface area contributed by atoms with Gasteiger partial charge in [0.25, 0.3) is 11.6 Å². The monoisotopic (exact) mass is 392 g/mol. The van der Waals surface area contributed by atoms with Crippen molar-refractivity contribution in [3.05, 3.63) is 63.0 Å². The maximum absolute atomic E-state index is 13.2. The van der Waals surface area contributed by atoms with Crippen molar-refractivity contribution in [1.82, 2.24) is 10.3 Å². The smallest absolute Gasteiger partial charge is 0.274 e. The molecule has 7 nitrogen and oxygen atoms in total. The summed E-state index contributed by atoms with van der Waals surface area (Å²) in [5.74, 6) is -0.374. The van der Waals surface area contributed by atoms with Crippen molar-refractivity contribution in [2.75, 3.05) is 5.32 Å². The second kappa shape index (κ2) is 8.30. The highest BCUT2D eigenvalue weighted by molar-refractivity contribution is 6.31. The second-order valence-corrected chi connectivity index (χ2v) is 6.86. The highest BCUT2D eigenvalue weighted by Crippen LogP contribution is 2.24. The van der Waals surface area contributed by atoms with Crippen molar-refractivity contribution < 1.29 is 14.1 Å². The number of benzene rings is 1. The number of carbonyl (C=O) groups is 1. The Hall–Kier alpha value is -2.74. The molecule has 1 saturated carbocycles. The first kappa shape index (κ1) is 19.0. The topological polar surface area (TPSA) is 97.2 Å². The first-order valence-corrected chi connectivity index (χ1v) is 8.93. The van der Waals surface area contributed by atoms with Crippen molar-refractivity contribution in [2.24, 2.45) is 0 Å². The normalized spacial score (nSPS) is 19.3. The van der Waals surface area contributed by atoms with E-state index in [-0.39, 0.29) is 28.7 Å². The van der Waals surface area contributed by atoms with Gasteiger partial charge in [-0.05, 0) is 43.9 Å². The molecule has 0 spiro atoms. The molecule has 1 heterocycles. The molecule has 1 aliphatic carbocycles. The van der Waals surface area contributed by atoms with Crippen molar-refractivity contribution >= 4 is 29.0 Å². The average molecular weight is 393 g/mol. The standard InChI is InChI=1S/C18H18ClFN4O3/c19-15-9-11(1-6-16(15)20)18(25)23-13-4-2-12(3-5-13)22-17-10-14(24(26)27)7-8-21-17/h1,6-10,12-13H,2-5H2,(H,21,22)(H,23,25)/t12-,13+. The van der Waals surface area contributed by atoms with Crippen LogP contribution in [-0.2, 0) is 0 Å². The van der Waals surface area contributed by atoms with Crippen molar-refractivity contribution in [3.63, 3.8) is 0 Å². The fourth-order valence-electron chi connectivity index (χ4n) is 3.11. The number of nitro groups is 1. The predicted octanol–water partition coefficient (Wildman–Crippen LogP) is 3.94. The molecule has 0 aliphatic heterocycles. The molecule has 2 aromatic rings. The Morgan fingerprint density at radius 1 is 1.19 bits per heavy atom. The molecule has 1 aliphatic rings. The van der Waals surface area contributed by atoms with Gasteiger partial charge < -0.3 is 10.6 Å². The summed E-state index contributed by atoms with van der Waals surface area (Å²) in [5.41, 5.74) is 0.314. The fraction of sp³-hybridized carbons (Fsp3) is 0.333. The van der Waals surface area contributed by atoms with Crippen LogP contribution in [0.3, 0.4) is 0 Å². The third-order valence-corrected chi connectivity index (χ3v) is 4.84. The maximum Gasteiger partial charge on any atom is 0.274 e. The number of aromatic nitrogens is 1. The van der Waals surface area contributed by atoms with Gasteiger partial charge in [0.2, 0.25) is 0 Å². The summed E-state index contributed by atoms with van der Waals surface area (Å²) in [6, 6.07) is 6.78. The lowest BCUT2D eigenvalue weighted by Crippen LogP contribution is -2.40. The summed E-state index contributed by atoms with van der Waals surface area (Å²) in [5, 5.41) is 16.9. The second-order valence-electron chi connectivity index (χ2n) is 6.45. The van der Waals surface area contributed by atoms with E-state index in [1.54, 1.807) is 0 Å². The third-order valence-electron chi connectivity index (χ3n) is 4.55. The molecule has 1 fully saturated rings. The van der Waals surface area contributed by atoms with Gasteiger partial charge in [0.15, 0.2) is 0 Å². The van der Waals surface area contributed by atoms with E-state index < -0.39 is 10.7 Å². The maximum atomic E-state index is 13.2. The van der Waals surface area contributed by atoms with Crippen LogP contribution in [-0.4, -0.2) is 27.9 Å². The molecule has 0 saturated heterocycles. The molecule has 3 rings (SSSR count). The first-order valence-electron chi connectivity index (χ1n) is 8.55. The van der Waals surface area contributed by atoms with Gasteiger partial charge in [0.1, 0.15) is 11.6 Å². The molecule has 1 aromatic carbocycles. The van der Waals surface area contributed by atoms with Gasteiger partial charge in [-0.15, -0.1) is 0 Å². The van der Waals surface area contributed by atoms with Gasteiger partial charge in [0, 0.05) is 29.9 Å². The van der Waals surface area contributed by atoms with E-state index in [9.17, 15) is 19.3 Å². The number of pyridine rings is 1. The molecule has 0 radical (unpaired) electrons. The Morgan fingerprint density at radius 3 is 2.56 bits per heavy atom.